The van der Waals surface area contributed by atoms with Gasteiger partial charge in [-0.3, -0.25) is 0 Å². The third kappa shape index (κ3) is 6.30. The SMILES string of the molecule is C[C@@H]1CN(S(=O)(=O)NCCSC(F)(F)F)C[C@H](C)O1. The van der Waals surface area contributed by atoms with Crippen molar-refractivity contribution in [2.75, 3.05) is 25.4 Å². The number of hydrogen-bond donors (Lipinski definition) is 1. The van der Waals surface area contributed by atoms with E-state index in [0.717, 1.165) is 0 Å². The number of thioether (sulfide) groups is 1. The first-order valence-electron chi connectivity index (χ1n) is 5.71. The van der Waals surface area contributed by atoms with Crippen molar-refractivity contribution >= 4 is 22.0 Å². The van der Waals surface area contributed by atoms with Crippen LogP contribution in [0.15, 0.2) is 0 Å². The molecule has 1 aliphatic rings. The Bertz CT molecular complexity index is 379. The van der Waals surface area contributed by atoms with E-state index in [2.05, 4.69) is 4.72 Å². The van der Waals surface area contributed by atoms with E-state index < -0.39 is 15.7 Å². The standard InChI is InChI=1S/C9H17F3N2O3S2/c1-7-5-14(6-8(2)17-7)19(15,16)13-3-4-18-9(10,11)12/h7-8,13H,3-6H2,1-2H3/t7-,8+. The summed E-state index contributed by atoms with van der Waals surface area (Å²) in [5.74, 6) is -0.349. The second-order valence-electron chi connectivity index (χ2n) is 4.27. The Morgan fingerprint density at radius 2 is 1.84 bits per heavy atom. The van der Waals surface area contributed by atoms with Crippen LogP contribution in [0.5, 0.6) is 0 Å². The molecule has 0 aromatic rings. The number of hydrogen-bond acceptors (Lipinski definition) is 4. The van der Waals surface area contributed by atoms with E-state index in [9.17, 15) is 21.6 Å². The Labute approximate surface area is 115 Å². The van der Waals surface area contributed by atoms with Crippen LogP contribution in [0, 0.1) is 0 Å². The van der Waals surface area contributed by atoms with Gasteiger partial charge in [-0.2, -0.15) is 25.9 Å². The van der Waals surface area contributed by atoms with Gasteiger partial charge in [0.1, 0.15) is 0 Å². The zero-order valence-corrected chi connectivity index (χ0v) is 12.2. The van der Waals surface area contributed by atoms with E-state index in [1.807, 2.05) is 0 Å². The van der Waals surface area contributed by atoms with E-state index in [0.29, 0.717) is 0 Å². The molecule has 1 fully saturated rings. The second-order valence-corrected chi connectivity index (χ2v) is 7.18. The smallest absolute Gasteiger partial charge is 0.373 e. The summed E-state index contributed by atoms with van der Waals surface area (Å²) in [6.45, 7) is 3.64. The summed E-state index contributed by atoms with van der Waals surface area (Å²) >= 11 is -0.248. The first kappa shape index (κ1) is 17.0. The maximum absolute atomic E-state index is 11.9. The van der Waals surface area contributed by atoms with E-state index in [1.165, 1.54) is 4.31 Å². The number of ether oxygens (including phenoxy) is 1. The lowest BCUT2D eigenvalue weighted by Gasteiger charge is -2.34. The third-order valence-corrected chi connectivity index (χ3v) is 4.66. The maximum Gasteiger partial charge on any atom is 0.441 e. The third-order valence-electron chi connectivity index (χ3n) is 2.38. The summed E-state index contributed by atoms with van der Waals surface area (Å²) in [4.78, 5) is 0. The number of morpholine rings is 1. The molecule has 0 aromatic heterocycles. The molecule has 2 atom stereocenters. The lowest BCUT2D eigenvalue weighted by atomic mass is 10.3. The molecule has 1 rings (SSSR count). The molecule has 0 unspecified atom stereocenters. The highest BCUT2D eigenvalue weighted by atomic mass is 32.2. The van der Waals surface area contributed by atoms with Gasteiger partial charge in [-0.05, 0) is 25.6 Å². The number of nitrogens with one attached hydrogen (secondary N) is 1. The molecule has 1 aliphatic heterocycles. The summed E-state index contributed by atoms with van der Waals surface area (Å²) < 4.78 is 68.2. The van der Waals surface area contributed by atoms with Crippen LogP contribution < -0.4 is 4.72 Å². The molecule has 0 amide bonds. The second kappa shape index (κ2) is 6.61. The average molecular weight is 322 g/mol. The Kier molecular flexibility index (Phi) is 5.93. The normalized spacial score (nSPS) is 26.6. The fourth-order valence-corrected chi connectivity index (χ4v) is 3.68. The predicted molar refractivity (Wildman–Crippen MR) is 67.0 cm³/mol. The van der Waals surface area contributed by atoms with Crippen LogP contribution in [-0.4, -0.2) is 55.8 Å². The molecule has 1 N–H and O–H groups in total. The Balaban J connectivity index is 2.43. The predicted octanol–water partition coefficient (Wildman–Crippen LogP) is 1.18. The molecule has 0 saturated carbocycles. The number of halogens is 3. The van der Waals surface area contributed by atoms with Crippen molar-refractivity contribution in [3.63, 3.8) is 0 Å². The first-order chi connectivity index (χ1) is 8.60. The zero-order valence-electron chi connectivity index (χ0n) is 10.6. The number of rotatable bonds is 5. The molecular weight excluding hydrogens is 305 g/mol. The van der Waals surface area contributed by atoms with Crippen molar-refractivity contribution in [1.29, 1.82) is 0 Å². The van der Waals surface area contributed by atoms with E-state index in [4.69, 9.17) is 4.74 Å². The highest BCUT2D eigenvalue weighted by Crippen LogP contribution is 2.29. The maximum atomic E-state index is 11.9. The Hall–Kier alpha value is -0.0300. The highest BCUT2D eigenvalue weighted by molar-refractivity contribution is 8.00. The van der Waals surface area contributed by atoms with Gasteiger partial charge in [-0.15, -0.1) is 0 Å². The van der Waals surface area contributed by atoms with Crippen molar-refractivity contribution in [2.45, 2.75) is 31.6 Å². The lowest BCUT2D eigenvalue weighted by molar-refractivity contribution is -0.0443. The van der Waals surface area contributed by atoms with Crippen LogP contribution in [0.25, 0.3) is 0 Å². The van der Waals surface area contributed by atoms with Crippen molar-refractivity contribution < 1.29 is 26.3 Å². The molecular formula is C9H17F3N2O3S2. The van der Waals surface area contributed by atoms with E-state index >= 15 is 0 Å². The fourth-order valence-electron chi connectivity index (χ4n) is 1.76. The van der Waals surface area contributed by atoms with Gasteiger partial charge in [0, 0.05) is 25.4 Å². The molecule has 5 nitrogen and oxygen atoms in total. The molecule has 1 saturated heterocycles. The van der Waals surface area contributed by atoms with Crippen molar-refractivity contribution in [3.8, 4) is 0 Å². The minimum Gasteiger partial charge on any atom is -0.373 e. The highest BCUT2D eigenvalue weighted by Gasteiger charge is 2.31. The quantitative estimate of drug-likeness (QED) is 0.772. The van der Waals surface area contributed by atoms with Crippen LogP contribution in [0.2, 0.25) is 0 Å². The summed E-state index contributed by atoms with van der Waals surface area (Å²) in [6.07, 6.45) is -0.463. The van der Waals surface area contributed by atoms with Gasteiger partial charge in [0.25, 0.3) is 10.2 Å². The van der Waals surface area contributed by atoms with Crippen molar-refractivity contribution in [1.82, 2.24) is 9.03 Å². The van der Waals surface area contributed by atoms with Crippen molar-refractivity contribution in [2.24, 2.45) is 0 Å². The minimum atomic E-state index is -4.34. The number of alkyl halides is 3. The summed E-state index contributed by atoms with van der Waals surface area (Å²) in [6, 6.07) is 0. The van der Waals surface area contributed by atoms with Crippen LogP contribution in [0.3, 0.4) is 0 Å². The van der Waals surface area contributed by atoms with E-state index in [1.54, 1.807) is 13.8 Å². The molecule has 114 valence electrons. The van der Waals surface area contributed by atoms with Gasteiger partial charge in [-0.25, -0.2) is 4.72 Å². The average Bonchev–Trinajstić information content (AvgIpc) is 2.22. The van der Waals surface area contributed by atoms with Crippen LogP contribution in [0.1, 0.15) is 13.8 Å². The summed E-state index contributed by atoms with van der Waals surface area (Å²) in [5, 5.41) is 0. The minimum absolute atomic E-state index is 0.200. The Morgan fingerprint density at radius 3 is 2.32 bits per heavy atom. The summed E-state index contributed by atoms with van der Waals surface area (Å²) in [7, 11) is -3.74. The molecule has 0 spiro atoms. The molecule has 19 heavy (non-hydrogen) atoms. The van der Waals surface area contributed by atoms with Gasteiger partial charge in [0.05, 0.1) is 12.2 Å². The van der Waals surface area contributed by atoms with Gasteiger partial charge >= 0.3 is 5.51 Å². The molecule has 0 bridgehead atoms. The molecule has 10 heteroatoms. The topological polar surface area (TPSA) is 58.6 Å². The van der Waals surface area contributed by atoms with Gasteiger partial charge in [-0.1, -0.05) is 0 Å². The van der Waals surface area contributed by atoms with Crippen LogP contribution in [-0.2, 0) is 14.9 Å². The molecule has 1 heterocycles. The van der Waals surface area contributed by atoms with Crippen LogP contribution in [0.4, 0.5) is 13.2 Å². The monoisotopic (exact) mass is 322 g/mol. The lowest BCUT2D eigenvalue weighted by Crippen LogP contribution is -2.52. The largest absolute Gasteiger partial charge is 0.441 e. The molecule has 0 aliphatic carbocycles. The zero-order chi connectivity index (χ0) is 14.7. The fraction of sp³-hybridized carbons (Fsp3) is 1.00. The summed E-state index contributed by atoms with van der Waals surface area (Å²) in [5.41, 5.74) is -4.34. The van der Waals surface area contributed by atoms with Gasteiger partial charge in [0.15, 0.2) is 0 Å². The Morgan fingerprint density at radius 1 is 1.32 bits per heavy atom. The van der Waals surface area contributed by atoms with Gasteiger partial charge in [0.2, 0.25) is 0 Å². The molecule has 0 aromatic carbocycles. The molecule has 0 radical (unpaired) electrons. The van der Waals surface area contributed by atoms with Crippen molar-refractivity contribution in [3.05, 3.63) is 0 Å². The first-order valence-corrected chi connectivity index (χ1v) is 8.13. The number of nitrogens with zero attached hydrogens (tertiary/aromatic N) is 1. The van der Waals surface area contributed by atoms with Crippen LogP contribution >= 0.6 is 11.8 Å². The van der Waals surface area contributed by atoms with Gasteiger partial charge < -0.3 is 4.74 Å². The van der Waals surface area contributed by atoms with E-state index in [-0.39, 0.29) is 49.4 Å².